The van der Waals surface area contributed by atoms with Gasteiger partial charge >= 0.3 is 0 Å². The van der Waals surface area contributed by atoms with E-state index in [9.17, 15) is 0 Å². The third-order valence-electron chi connectivity index (χ3n) is 3.10. The van der Waals surface area contributed by atoms with E-state index >= 15 is 0 Å². The Labute approximate surface area is 115 Å². The zero-order valence-corrected chi connectivity index (χ0v) is 13.0. The zero-order chi connectivity index (χ0) is 12.1. The predicted octanol–water partition coefficient (Wildman–Crippen LogP) is 5.04. The molecule has 0 heterocycles. The van der Waals surface area contributed by atoms with Crippen LogP contribution in [0.15, 0.2) is 27.1 Å². The fourth-order valence-corrected chi connectivity index (χ4v) is 2.83. The maximum atomic E-state index is 6.27. The number of nitrogens with two attached hydrogens (primary N) is 1. The molecule has 90 valence electrons. The monoisotopic (exact) mass is 347 g/mol. The van der Waals surface area contributed by atoms with Gasteiger partial charge in [0.25, 0.3) is 0 Å². The molecule has 0 saturated heterocycles. The maximum absolute atomic E-state index is 6.27. The Morgan fingerprint density at radius 3 is 2.38 bits per heavy atom. The molecule has 0 saturated carbocycles. The van der Waals surface area contributed by atoms with Gasteiger partial charge in [0, 0.05) is 15.0 Å². The molecule has 0 aromatic heterocycles. The van der Waals surface area contributed by atoms with Gasteiger partial charge in [-0.25, -0.2) is 0 Å². The van der Waals surface area contributed by atoms with Crippen LogP contribution >= 0.6 is 31.9 Å². The first-order valence-corrected chi connectivity index (χ1v) is 7.37. The fraction of sp³-hybridized carbons (Fsp3) is 0.538. The van der Waals surface area contributed by atoms with Gasteiger partial charge in [-0.15, -0.1) is 0 Å². The highest BCUT2D eigenvalue weighted by molar-refractivity contribution is 9.11. The Kier molecular flexibility index (Phi) is 6.01. The van der Waals surface area contributed by atoms with Crippen LogP contribution in [-0.4, -0.2) is 0 Å². The Hall–Kier alpha value is 0.140. The van der Waals surface area contributed by atoms with Crippen LogP contribution in [0.2, 0.25) is 0 Å². The minimum absolute atomic E-state index is 0.122. The summed E-state index contributed by atoms with van der Waals surface area (Å²) >= 11 is 7.05. The number of halogens is 2. The van der Waals surface area contributed by atoms with Crippen LogP contribution < -0.4 is 5.73 Å². The summed E-state index contributed by atoms with van der Waals surface area (Å²) in [4.78, 5) is 0. The van der Waals surface area contributed by atoms with Crippen molar-refractivity contribution in [2.24, 2.45) is 11.7 Å². The van der Waals surface area contributed by atoms with Gasteiger partial charge in [0.15, 0.2) is 0 Å². The highest BCUT2D eigenvalue weighted by Gasteiger charge is 2.14. The molecular formula is C13H19Br2N. The van der Waals surface area contributed by atoms with Crippen LogP contribution in [0.3, 0.4) is 0 Å². The molecule has 0 radical (unpaired) electrons. The lowest BCUT2D eigenvalue weighted by Crippen LogP contribution is -2.15. The minimum atomic E-state index is 0.122. The highest BCUT2D eigenvalue weighted by Crippen LogP contribution is 2.30. The third kappa shape index (κ3) is 3.86. The molecule has 16 heavy (non-hydrogen) atoms. The minimum Gasteiger partial charge on any atom is -0.324 e. The molecule has 1 rings (SSSR count). The van der Waals surface area contributed by atoms with Crippen molar-refractivity contribution < 1.29 is 0 Å². The summed E-state index contributed by atoms with van der Waals surface area (Å²) in [6, 6.07) is 6.30. The average molecular weight is 349 g/mol. The summed E-state index contributed by atoms with van der Waals surface area (Å²) < 4.78 is 2.19. The van der Waals surface area contributed by atoms with E-state index in [4.69, 9.17) is 5.73 Å². The quantitative estimate of drug-likeness (QED) is 0.792. The van der Waals surface area contributed by atoms with E-state index in [1.54, 1.807) is 0 Å². The van der Waals surface area contributed by atoms with Crippen molar-refractivity contribution in [1.82, 2.24) is 0 Å². The fourth-order valence-electron chi connectivity index (χ4n) is 1.91. The van der Waals surface area contributed by atoms with Crippen molar-refractivity contribution in [2.45, 2.75) is 39.2 Å². The van der Waals surface area contributed by atoms with E-state index in [0.717, 1.165) is 21.3 Å². The lowest BCUT2D eigenvalue weighted by molar-refractivity contribution is 0.414. The summed E-state index contributed by atoms with van der Waals surface area (Å²) in [5.41, 5.74) is 7.46. The van der Waals surface area contributed by atoms with Crippen LogP contribution in [0.5, 0.6) is 0 Å². The van der Waals surface area contributed by atoms with Gasteiger partial charge in [-0.1, -0.05) is 58.5 Å². The average Bonchev–Trinajstić information content (AvgIpc) is 2.28. The molecule has 1 atom stereocenters. The number of hydrogen-bond donors (Lipinski definition) is 1. The molecule has 2 N–H and O–H groups in total. The van der Waals surface area contributed by atoms with Crippen molar-refractivity contribution in [3.63, 3.8) is 0 Å². The first-order valence-electron chi connectivity index (χ1n) is 5.79. The van der Waals surface area contributed by atoms with Crippen molar-refractivity contribution in [1.29, 1.82) is 0 Å². The number of hydrogen-bond acceptors (Lipinski definition) is 1. The van der Waals surface area contributed by atoms with Gasteiger partial charge in [0.2, 0.25) is 0 Å². The van der Waals surface area contributed by atoms with Crippen molar-refractivity contribution in [3.8, 4) is 0 Å². The Morgan fingerprint density at radius 1 is 1.19 bits per heavy atom. The summed E-state index contributed by atoms with van der Waals surface area (Å²) in [7, 11) is 0. The van der Waals surface area contributed by atoms with E-state index < -0.39 is 0 Å². The third-order valence-corrected chi connectivity index (χ3v) is 4.31. The van der Waals surface area contributed by atoms with Crippen molar-refractivity contribution in [3.05, 3.63) is 32.7 Å². The number of rotatable bonds is 5. The Balaban J connectivity index is 2.79. The Bertz CT molecular complexity index is 335. The second-order valence-electron chi connectivity index (χ2n) is 4.19. The lowest BCUT2D eigenvalue weighted by Gasteiger charge is -2.19. The largest absolute Gasteiger partial charge is 0.324 e. The van der Waals surface area contributed by atoms with E-state index in [1.165, 1.54) is 18.4 Å². The molecule has 0 aliphatic rings. The van der Waals surface area contributed by atoms with Crippen molar-refractivity contribution >= 4 is 31.9 Å². The summed E-state index contributed by atoms with van der Waals surface area (Å²) in [6.07, 6.45) is 3.47. The van der Waals surface area contributed by atoms with E-state index in [0.29, 0.717) is 0 Å². The van der Waals surface area contributed by atoms with Gasteiger partial charge in [0.1, 0.15) is 0 Å². The lowest BCUT2D eigenvalue weighted by atomic mass is 9.92. The summed E-state index contributed by atoms with van der Waals surface area (Å²) in [6.45, 7) is 4.47. The molecular weight excluding hydrogens is 330 g/mol. The van der Waals surface area contributed by atoms with Crippen LogP contribution in [-0.2, 0) is 0 Å². The molecule has 1 aromatic rings. The molecule has 1 unspecified atom stereocenters. The standard InChI is InChI=1S/C13H19Br2N/c1-3-9(4-2)7-13(16)11-8-10(14)5-6-12(11)15/h5-6,8-9,13H,3-4,7,16H2,1-2H3. The summed E-state index contributed by atoms with van der Waals surface area (Å²) in [5.74, 6) is 0.723. The smallest absolute Gasteiger partial charge is 0.0309 e. The highest BCUT2D eigenvalue weighted by atomic mass is 79.9. The van der Waals surface area contributed by atoms with Gasteiger partial charge < -0.3 is 5.73 Å². The normalized spacial score (nSPS) is 13.1. The van der Waals surface area contributed by atoms with Gasteiger partial charge in [0.05, 0.1) is 0 Å². The Morgan fingerprint density at radius 2 is 1.81 bits per heavy atom. The van der Waals surface area contributed by atoms with Gasteiger partial charge in [-0.05, 0) is 36.1 Å². The zero-order valence-electron chi connectivity index (χ0n) is 9.84. The molecule has 0 aliphatic heterocycles. The predicted molar refractivity (Wildman–Crippen MR) is 77.5 cm³/mol. The molecule has 3 heteroatoms. The molecule has 1 nitrogen and oxygen atoms in total. The van der Waals surface area contributed by atoms with Crippen LogP contribution in [0.1, 0.15) is 44.7 Å². The second-order valence-corrected chi connectivity index (χ2v) is 5.96. The van der Waals surface area contributed by atoms with Crippen LogP contribution in [0.4, 0.5) is 0 Å². The first kappa shape index (κ1) is 14.2. The molecule has 0 spiro atoms. The van der Waals surface area contributed by atoms with E-state index in [-0.39, 0.29) is 6.04 Å². The van der Waals surface area contributed by atoms with Gasteiger partial charge in [-0.2, -0.15) is 0 Å². The van der Waals surface area contributed by atoms with Crippen LogP contribution in [0, 0.1) is 5.92 Å². The summed E-state index contributed by atoms with van der Waals surface area (Å²) in [5, 5.41) is 0. The SMILES string of the molecule is CCC(CC)CC(N)c1cc(Br)ccc1Br. The second kappa shape index (κ2) is 6.77. The molecule has 0 fully saturated rings. The molecule has 0 amide bonds. The van der Waals surface area contributed by atoms with E-state index in [2.05, 4.69) is 51.8 Å². The maximum Gasteiger partial charge on any atom is 0.0309 e. The van der Waals surface area contributed by atoms with E-state index in [1.807, 2.05) is 12.1 Å². The van der Waals surface area contributed by atoms with Crippen LogP contribution in [0.25, 0.3) is 0 Å². The van der Waals surface area contributed by atoms with Crippen molar-refractivity contribution in [2.75, 3.05) is 0 Å². The molecule has 0 aliphatic carbocycles. The number of benzene rings is 1. The topological polar surface area (TPSA) is 26.0 Å². The molecule has 0 bridgehead atoms. The van der Waals surface area contributed by atoms with Gasteiger partial charge in [-0.3, -0.25) is 0 Å². The first-order chi connectivity index (χ1) is 7.58. The molecule has 1 aromatic carbocycles.